The number of carboxylic acid groups (broad SMARTS) is 1. The highest BCUT2D eigenvalue weighted by Gasteiger charge is 2.21. The van der Waals surface area contributed by atoms with Crippen molar-refractivity contribution in [2.24, 2.45) is 0 Å². The lowest BCUT2D eigenvalue weighted by atomic mass is 10.1. The van der Waals surface area contributed by atoms with Gasteiger partial charge in [0.2, 0.25) is 0 Å². The minimum absolute atomic E-state index is 0. The maximum atomic E-state index is 11.6. The lowest BCUT2D eigenvalue weighted by molar-refractivity contribution is -0.138. The minimum Gasteiger partial charge on any atom is -0.491 e. The van der Waals surface area contributed by atoms with Crippen LogP contribution in [0.25, 0.3) is 0 Å². The van der Waals surface area contributed by atoms with Gasteiger partial charge in [-0.2, -0.15) is 0 Å². The SMILES string of the molecule is CC(=O)c1ccccc1OCCN1CCCC(N(C)CC(=O)O)CC1.Cl. The van der Waals surface area contributed by atoms with Crippen LogP contribution >= 0.6 is 12.4 Å². The van der Waals surface area contributed by atoms with Crippen molar-refractivity contribution >= 4 is 24.2 Å². The quantitative estimate of drug-likeness (QED) is 0.694. The topological polar surface area (TPSA) is 70.1 Å². The molecule has 0 spiro atoms. The number of rotatable bonds is 8. The molecule has 1 aliphatic heterocycles. The highest BCUT2D eigenvalue weighted by atomic mass is 35.5. The van der Waals surface area contributed by atoms with Crippen LogP contribution in [-0.4, -0.2) is 72.5 Å². The first-order chi connectivity index (χ1) is 12.0. The fourth-order valence-electron chi connectivity index (χ4n) is 3.31. The standard InChI is InChI=1S/C19H28N2O4.ClH/c1-15(22)17-7-3-4-8-18(17)25-13-12-21-10-5-6-16(9-11-21)20(2)14-19(23)24;/h3-4,7-8,16H,5-6,9-14H2,1-2H3,(H,23,24);1H. The smallest absolute Gasteiger partial charge is 0.317 e. The Morgan fingerprint density at radius 3 is 2.69 bits per heavy atom. The van der Waals surface area contributed by atoms with Crippen molar-refractivity contribution < 1.29 is 19.4 Å². The summed E-state index contributed by atoms with van der Waals surface area (Å²) in [4.78, 5) is 26.8. The van der Waals surface area contributed by atoms with E-state index in [0.29, 0.717) is 24.0 Å². The average molecular weight is 385 g/mol. The maximum Gasteiger partial charge on any atom is 0.317 e. The summed E-state index contributed by atoms with van der Waals surface area (Å²) in [6.07, 6.45) is 3.04. The lowest BCUT2D eigenvalue weighted by Gasteiger charge is -2.25. The van der Waals surface area contributed by atoms with Gasteiger partial charge in [0.1, 0.15) is 12.4 Å². The van der Waals surface area contributed by atoms with E-state index in [-0.39, 0.29) is 24.7 Å². The molecule has 6 nitrogen and oxygen atoms in total. The third-order valence-corrected chi connectivity index (χ3v) is 4.73. The van der Waals surface area contributed by atoms with Crippen molar-refractivity contribution in [1.82, 2.24) is 9.80 Å². The summed E-state index contributed by atoms with van der Waals surface area (Å²) in [6, 6.07) is 7.64. The van der Waals surface area contributed by atoms with Crippen LogP contribution in [0.3, 0.4) is 0 Å². The molecule has 2 rings (SSSR count). The molecule has 0 aliphatic carbocycles. The van der Waals surface area contributed by atoms with Gasteiger partial charge in [-0.3, -0.25) is 19.4 Å². The summed E-state index contributed by atoms with van der Waals surface area (Å²) in [5, 5.41) is 8.93. The third-order valence-electron chi connectivity index (χ3n) is 4.73. The van der Waals surface area contributed by atoms with Gasteiger partial charge in [-0.1, -0.05) is 12.1 Å². The molecule has 0 radical (unpaired) electrons. The van der Waals surface area contributed by atoms with Crippen LogP contribution in [0, 0.1) is 0 Å². The number of Topliss-reactive ketones (excluding diaryl/α,β-unsaturated/α-hetero) is 1. The minimum atomic E-state index is -0.777. The van der Waals surface area contributed by atoms with Crippen molar-refractivity contribution in [2.45, 2.75) is 32.2 Å². The second kappa shape index (κ2) is 11.2. The normalized spacial score (nSPS) is 18.0. The van der Waals surface area contributed by atoms with Crippen LogP contribution in [0.5, 0.6) is 5.75 Å². The van der Waals surface area contributed by atoms with Gasteiger partial charge >= 0.3 is 5.97 Å². The van der Waals surface area contributed by atoms with Gasteiger partial charge in [0.05, 0.1) is 12.1 Å². The summed E-state index contributed by atoms with van der Waals surface area (Å²) < 4.78 is 5.82. The number of ether oxygens (including phenoxy) is 1. The Hall–Kier alpha value is -1.63. The van der Waals surface area contributed by atoms with E-state index in [0.717, 1.165) is 38.9 Å². The van der Waals surface area contributed by atoms with E-state index in [1.54, 1.807) is 13.0 Å². The molecule has 1 fully saturated rings. The molecule has 1 heterocycles. The third kappa shape index (κ3) is 6.94. The van der Waals surface area contributed by atoms with E-state index in [2.05, 4.69) is 4.90 Å². The van der Waals surface area contributed by atoms with Crippen molar-refractivity contribution in [1.29, 1.82) is 0 Å². The number of aliphatic carboxylic acids is 1. The number of carboxylic acids is 1. The van der Waals surface area contributed by atoms with Gasteiger partial charge in [-0.25, -0.2) is 0 Å². The molecule has 1 N–H and O–H groups in total. The maximum absolute atomic E-state index is 11.6. The van der Waals surface area contributed by atoms with E-state index < -0.39 is 5.97 Å². The second-order valence-electron chi connectivity index (χ2n) is 6.64. The number of ketones is 1. The molecular weight excluding hydrogens is 356 g/mol. The first kappa shape index (κ1) is 22.4. The Kier molecular flexibility index (Phi) is 9.62. The predicted molar refractivity (Wildman–Crippen MR) is 104 cm³/mol. The van der Waals surface area contributed by atoms with Gasteiger partial charge in [-0.05, 0) is 58.5 Å². The summed E-state index contributed by atoms with van der Waals surface area (Å²) in [5.41, 5.74) is 0.619. The summed E-state index contributed by atoms with van der Waals surface area (Å²) in [7, 11) is 1.89. The highest BCUT2D eigenvalue weighted by Crippen LogP contribution is 2.19. The predicted octanol–water partition coefficient (Wildman–Crippen LogP) is 2.56. The molecule has 1 atom stereocenters. The fraction of sp³-hybridized carbons (Fsp3) is 0.579. The number of likely N-dealkylation sites (N-methyl/N-ethyl adjacent to an activating group) is 1. The van der Waals surface area contributed by atoms with Crippen molar-refractivity contribution in [3.8, 4) is 5.75 Å². The molecule has 0 saturated carbocycles. The van der Waals surface area contributed by atoms with E-state index in [1.165, 1.54) is 0 Å². The van der Waals surface area contributed by atoms with Crippen molar-refractivity contribution in [3.63, 3.8) is 0 Å². The molecule has 1 saturated heterocycles. The molecule has 26 heavy (non-hydrogen) atoms. The van der Waals surface area contributed by atoms with Gasteiger partial charge in [0.25, 0.3) is 0 Å². The van der Waals surface area contributed by atoms with E-state index in [1.807, 2.05) is 30.1 Å². The second-order valence-corrected chi connectivity index (χ2v) is 6.64. The molecule has 7 heteroatoms. The van der Waals surface area contributed by atoms with Crippen LogP contribution in [0.15, 0.2) is 24.3 Å². The monoisotopic (exact) mass is 384 g/mol. The van der Waals surface area contributed by atoms with Crippen LogP contribution in [0.2, 0.25) is 0 Å². The highest BCUT2D eigenvalue weighted by molar-refractivity contribution is 5.96. The summed E-state index contributed by atoms with van der Waals surface area (Å²) in [5.74, 6) is -0.125. The molecule has 1 unspecified atom stereocenters. The number of para-hydroxylation sites is 1. The first-order valence-electron chi connectivity index (χ1n) is 8.84. The number of nitrogens with zero attached hydrogens (tertiary/aromatic N) is 2. The number of halogens is 1. The van der Waals surface area contributed by atoms with Crippen LogP contribution in [0.4, 0.5) is 0 Å². The summed E-state index contributed by atoms with van der Waals surface area (Å²) in [6.45, 7) is 4.92. The zero-order chi connectivity index (χ0) is 18.2. The average Bonchev–Trinajstić information content (AvgIpc) is 2.80. The van der Waals surface area contributed by atoms with Gasteiger partial charge in [0.15, 0.2) is 5.78 Å². The van der Waals surface area contributed by atoms with E-state index in [4.69, 9.17) is 9.84 Å². The van der Waals surface area contributed by atoms with Crippen molar-refractivity contribution in [3.05, 3.63) is 29.8 Å². The van der Waals surface area contributed by atoms with E-state index in [9.17, 15) is 9.59 Å². The number of likely N-dealkylation sites (tertiary alicyclic amines) is 1. The largest absolute Gasteiger partial charge is 0.491 e. The molecule has 146 valence electrons. The Morgan fingerprint density at radius 2 is 2.00 bits per heavy atom. The zero-order valence-electron chi connectivity index (χ0n) is 15.5. The fourth-order valence-corrected chi connectivity index (χ4v) is 3.31. The van der Waals surface area contributed by atoms with Gasteiger partial charge in [-0.15, -0.1) is 12.4 Å². The Bertz CT molecular complexity index is 597. The van der Waals surface area contributed by atoms with Crippen LogP contribution < -0.4 is 4.74 Å². The number of hydrogen-bond acceptors (Lipinski definition) is 5. The molecule has 1 aromatic carbocycles. The molecular formula is C19H29ClN2O4. The van der Waals surface area contributed by atoms with Crippen molar-refractivity contribution in [2.75, 3.05) is 39.8 Å². The summed E-state index contributed by atoms with van der Waals surface area (Å²) >= 11 is 0. The number of hydrogen-bond donors (Lipinski definition) is 1. The van der Waals surface area contributed by atoms with Crippen LogP contribution in [-0.2, 0) is 4.79 Å². The van der Waals surface area contributed by atoms with Gasteiger partial charge < -0.3 is 9.84 Å². The Labute approximate surface area is 161 Å². The Balaban J connectivity index is 0.00000338. The molecule has 1 aliphatic rings. The van der Waals surface area contributed by atoms with E-state index >= 15 is 0 Å². The first-order valence-corrected chi connectivity index (χ1v) is 8.84. The number of benzene rings is 1. The number of carbonyl (C=O) groups is 2. The van der Waals surface area contributed by atoms with Gasteiger partial charge in [0, 0.05) is 12.6 Å². The molecule has 0 amide bonds. The zero-order valence-corrected chi connectivity index (χ0v) is 16.3. The lowest BCUT2D eigenvalue weighted by Crippen LogP contribution is -2.37. The Morgan fingerprint density at radius 1 is 1.27 bits per heavy atom. The molecule has 1 aromatic rings. The van der Waals surface area contributed by atoms with Crippen LogP contribution in [0.1, 0.15) is 36.5 Å². The number of carbonyl (C=O) groups excluding carboxylic acids is 1. The molecule has 0 aromatic heterocycles. The molecule has 0 bridgehead atoms.